The zero-order valence-corrected chi connectivity index (χ0v) is 17.9. The van der Waals surface area contributed by atoms with Gasteiger partial charge in [-0.2, -0.15) is 0 Å². The van der Waals surface area contributed by atoms with Gasteiger partial charge in [-0.3, -0.25) is 0 Å². The van der Waals surface area contributed by atoms with E-state index < -0.39 is 0 Å². The monoisotopic (exact) mass is 367 g/mol. The third kappa shape index (κ3) is 2.13. The molecule has 0 fully saturated rings. The number of hydrogen-bond donors (Lipinski definition) is 0. The summed E-state index contributed by atoms with van der Waals surface area (Å²) in [4.78, 5) is 0. The molecule has 0 spiro atoms. The molecule has 1 heteroatoms. The first-order valence-electron chi connectivity index (χ1n) is 10.4. The van der Waals surface area contributed by atoms with Gasteiger partial charge in [0.05, 0.1) is 0 Å². The molecule has 0 radical (unpaired) electrons. The van der Waals surface area contributed by atoms with E-state index in [9.17, 15) is 0 Å². The maximum absolute atomic E-state index is 2.44. The number of aryl methyl sites for hydroxylation is 1. The van der Waals surface area contributed by atoms with Gasteiger partial charge in [-0.25, -0.2) is 0 Å². The Morgan fingerprint density at radius 3 is 2.29 bits per heavy atom. The molecule has 1 aromatic heterocycles. The molecule has 0 aliphatic heterocycles. The van der Waals surface area contributed by atoms with E-state index in [1.54, 1.807) is 0 Å². The van der Waals surface area contributed by atoms with Gasteiger partial charge in [-0.05, 0) is 57.9 Å². The average molecular weight is 368 g/mol. The second-order valence-corrected chi connectivity index (χ2v) is 9.61. The van der Waals surface area contributed by atoms with Gasteiger partial charge in [0.2, 0.25) is 0 Å². The minimum atomic E-state index is 0.0476. The number of benzene rings is 3. The summed E-state index contributed by atoms with van der Waals surface area (Å²) in [5.41, 5.74) is 10.0. The van der Waals surface area contributed by atoms with Crippen LogP contribution in [0.2, 0.25) is 0 Å². The summed E-state index contributed by atoms with van der Waals surface area (Å²) in [6.07, 6.45) is 1.14. The zero-order chi connectivity index (χ0) is 19.8. The molecule has 3 aromatic carbocycles. The molecule has 0 amide bonds. The second-order valence-electron chi connectivity index (χ2n) is 9.61. The van der Waals surface area contributed by atoms with Crippen LogP contribution in [0.3, 0.4) is 0 Å². The lowest BCUT2D eigenvalue weighted by Crippen LogP contribution is -2.15. The van der Waals surface area contributed by atoms with Crippen molar-refractivity contribution in [3.05, 3.63) is 71.3 Å². The van der Waals surface area contributed by atoms with Gasteiger partial charge < -0.3 is 4.57 Å². The fraction of sp³-hybridized carbons (Fsp3) is 0.333. The average Bonchev–Trinajstić information content (AvgIpc) is 3.10. The minimum Gasteiger partial charge on any atom is -0.344 e. The normalized spacial score (nSPS) is 15.2. The summed E-state index contributed by atoms with van der Waals surface area (Å²) in [5.74, 6) is 0. The number of nitrogens with zero attached hydrogens (tertiary/aromatic N) is 1. The van der Waals surface area contributed by atoms with Crippen molar-refractivity contribution >= 4 is 21.8 Å². The molecule has 4 aromatic rings. The zero-order valence-electron chi connectivity index (χ0n) is 17.9. The van der Waals surface area contributed by atoms with E-state index in [-0.39, 0.29) is 10.8 Å². The van der Waals surface area contributed by atoms with Gasteiger partial charge in [0.15, 0.2) is 0 Å². The molecule has 1 heterocycles. The van der Waals surface area contributed by atoms with Crippen molar-refractivity contribution < 1.29 is 0 Å². The van der Waals surface area contributed by atoms with Gasteiger partial charge in [0.1, 0.15) is 0 Å². The highest BCUT2D eigenvalue weighted by Crippen LogP contribution is 2.50. The smallest absolute Gasteiger partial charge is 0.0492 e. The van der Waals surface area contributed by atoms with Crippen molar-refractivity contribution in [1.29, 1.82) is 0 Å². The Labute approximate surface area is 168 Å². The number of rotatable bonds is 2. The predicted molar refractivity (Wildman–Crippen MR) is 121 cm³/mol. The molecule has 0 saturated carbocycles. The van der Waals surface area contributed by atoms with E-state index in [0.29, 0.717) is 0 Å². The maximum atomic E-state index is 2.44. The van der Waals surface area contributed by atoms with Crippen LogP contribution in [-0.2, 0) is 17.9 Å². The van der Waals surface area contributed by atoms with E-state index >= 15 is 0 Å². The third-order valence-electron chi connectivity index (χ3n) is 7.38. The van der Waals surface area contributed by atoms with E-state index in [0.717, 1.165) is 6.42 Å². The number of hydrogen-bond acceptors (Lipinski definition) is 0. The van der Waals surface area contributed by atoms with Gasteiger partial charge in [0, 0.05) is 34.3 Å². The van der Waals surface area contributed by atoms with Crippen molar-refractivity contribution in [3.8, 4) is 11.1 Å². The topological polar surface area (TPSA) is 4.93 Å². The molecule has 0 unspecified atom stereocenters. The summed E-state index contributed by atoms with van der Waals surface area (Å²) in [7, 11) is 2.22. The van der Waals surface area contributed by atoms with Crippen LogP contribution in [0.15, 0.2) is 54.6 Å². The SMILES string of the molecule is CCC(C)(C)c1ccc2c3cc4c(cc3n(C)c2c1)C(C)(C)c1ccccc1-4. The van der Waals surface area contributed by atoms with Crippen LogP contribution < -0.4 is 0 Å². The van der Waals surface area contributed by atoms with Gasteiger partial charge in [0.25, 0.3) is 0 Å². The van der Waals surface area contributed by atoms with Crippen LogP contribution in [0.1, 0.15) is 57.7 Å². The first kappa shape index (κ1) is 17.6. The number of aromatic nitrogens is 1. The molecular weight excluding hydrogens is 338 g/mol. The van der Waals surface area contributed by atoms with Gasteiger partial charge in [-0.15, -0.1) is 0 Å². The van der Waals surface area contributed by atoms with Crippen LogP contribution in [0, 0.1) is 0 Å². The van der Waals surface area contributed by atoms with Crippen molar-refractivity contribution in [3.63, 3.8) is 0 Å². The fourth-order valence-electron chi connectivity index (χ4n) is 5.02. The van der Waals surface area contributed by atoms with Crippen molar-refractivity contribution in [2.75, 3.05) is 0 Å². The summed E-state index contributed by atoms with van der Waals surface area (Å²) < 4.78 is 2.39. The predicted octanol–water partition coefficient (Wildman–Crippen LogP) is 7.33. The van der Waals surface area contributed by atoms with Gasteiger partial charge in [-0.1, -0.05) is 71.0 Å². The summed E-state index contributed by atoms with van der Waals surface area (Å²) >= 11 is 0. The Kier molecular flexibility index (Phi) is 3.45. The van der Waals surface area contributed by atoms with E-state index in [1.807, 2.05) is 0 Å². The van der Waals surface area contributed by atoms with Gasteiger partial charge >= 0.3 is 0 Å². The molecule has 1 aliphatic rings. The molecule has 0 bridgehead atoms. The van der Waals surface area contributed by atoms with Crippen LogP contribution >= 0.6 is 0 Å². The fourth-order valence-corrected chi connectivity index (χ4v) is 5.02. The Morgan fingerprint density at radius 2 is 1.54 bits per heavy atom. The molecule has 0 N–H and O–H groups in total. The van der Waals surface area contributed by atoms with E-state index in [1.165, 1.54) is 49.6 Å². The number of fused-ring (bicyclic) bond motifs is 6. The lowest BCUT2D eigenvalue weighted by molar-refractivity contribution is 0.507. The molecular formula is C27H29N. The highest BCUT2D eigenvalue weighted by molar-refractivity contribution is 6.10. The molecule has 0 atom stereocenters. The molecule has 28 heavy (non-hydrogen) atoms. The quantitative estimate of drug-likeness (QED) is 0.349. The lowest BCUT2D eigenvalue weighted by Gasteiger charge is -2.23. The minimum absolute atomic E-state index is 0.0476. The van der Waals surface area contributed by atoms with E-state index in [2.05, 4.69) is 101 Å². The Bertz CT molecular complexity index is 1250. The molecule has 5 rings (SSSR count). The maximum Gasteiger partial charge on any atom is 0.0492 e. The summed E-state index contributed by atoms with van der Waals surface area (Å²) in [6.45, 7) is 11.7. The highest BCUT2D eigenvalue weighted by Gasteiger charge is 2.35. The largest absolute Gasteiger partial charge is 0.344 e. The Balaban J connectivity index is 1.84. The van der Waals surface area contributed by atoms with Crippen LogP contribution in [0.25, 0.3) is 32.9 Å². The third-order valence-corrected chi connectivity index (χ3v) is 7.38. The molecule has 1 aliphatic carbocycles. The first-order chi connectivity index (χ1) is 13.3. The summed E-state index contributed by atoms with van der Waals surface area (Å²) in [6, 6.07) is 20.8. The highest BCUT2D eigenvalue weighted by atomic mass is 14.9. The Hall–Kier alpha value is -2.54. The van der Waals surface area contributed by atoms with Crippen LogP contribution in [0.5, 0.6) is 0 Å². The van der Waals surface area contributed by atoms with E-state index in [4.69, 9.17) is 0 Å². The van der Waals surface area contributed by atoms with Crippen LogP contribution in [0.4, 0.5) is 0 Å². The Morgan fingerprint density at radius 1 is 0.821 bits per heavy atom. The van der Waals surface area contributed by atoms with Crippen molar-refractivity contribution in [2.45, 2.75) is 51.9 Å². The standard InChI is InChI=1S/C27H29N/c1-7-26(2,3)17-12-13-19-21-15-20-18-10-8-9-11-22(18)27(4,5)23(20)16-25(21)28(6)24(19)14-17/h8-16H,7H2,1-6H3. The molecule has 142 valence electrons. The van der Waals surface area contributed by atoms with Crippen molar-refractivity contribution in [2.24, 2.45) is 7.05 Å². The summed E-state index contributed by atoms with van der Waals surface area (Å²) in [5, 5.41) is 2.72. The van der Waals surface area contributed by atoms with Crippen LogP contribution in [-0.4, -0.2) is 4.57 Å². The first-order valence-corrected chi connectivity index (χ1v) is 10.4. The molecule has 1 nitrogen and oxygen atoms in total. The van der Waals surface area contributed by atoms with Crippen molar-refractivity contribution in [1.82, 2.24) is 4.57 Å². The second kappa shape index (κ2) is 5.50. The lowest BCUT2D eigenvalue weighted by atomic mass is 9.82. The molecule has 0 saturated heterocycles.